The molecule has 0 aliphatic carbocycles. The molecule has 0 aromatic heterocycles. The van der Waals surface area contributed by atoms with Crippen LogP contribution >= 0.6 is 0 Å². The normalized spacial score (nSPS) is 11.6. The Bertz CT molecular complexity index is 396. The van der Waals surface area contributed by atoms with Crippen LogP contribution in [0.4, 0.5) is 0 Å². The third-order valence-electron chi connectivity index (χ3n) is 2.17. The smallest absolute Gasteiger partial charge is 0.162 e. The van der Waals surface area contributed by atoms with Gasteiger partial charge in [-0.15, -0.1) is 0 Å². The van der Waals surface area contributed by atoms with Crippen molar-refractivity contribution in [3.8, 4) is 17.6 Å². The molecule has 0 radical (unpaired) electrons. The second kappa shape index (κ2) is 6.77. The minimum absolute atomic E-state index is 0.385. The van der Waals surface area contributed by atoms with E-state index in [2.05, 4.69) is 6.07 Å². The molecule has 0 aliphatic heterocycles. The number of nitriles is 1. The van der Waals surface area contributed by atoms with Gasteiger partial charge in [-0.25, -0.2) is 0 Å². The van der Waals surface area contributed by atoms with E-state index in [0.717, 1.165) is 0 Å². The summed E-state index contributed by atoms with van der Waals surface area (Å²) in [7, 11) is 0. The summed E-state index contributed by atoms with van der Waals surface area (Å²) >= 11 is 0. The van der Waals surface area contributed by atoms with E-state index in [1.807, 2.05) is 6.92 Å². The fraction of sp³-hybridized carbons (Fsp3) is 0.462. The molecule has 0 saturated carbocycles. The van der Waals surface area contributed by atoms with Crippen molar-refractivity contribution in [1.29, 1.82) is 5.26 Å². The molecule has 0 fully saturated rings. The summed E-state index contributed by atoms with van der Waals surface area (Å²) in [6, 6.07) is 7.10. The van der Waals surface area contributed by atoms with Gasteiger partial charge in [-0.05, 0) is 26.0 Å². The molecule has 0 heterocycles. The summed E-state index contributed by atoms with van der Waals surface area (Å²) in [6.07, 6.45) is 0.176. The number of hydrogen-bond donors (Lipinski definition) is 1. The van der Waals surface area contributed by atoms with Gasteiger partial charge in [0.15, 0.2) is 11.5 Å². The van der Waals surface area contributed by atoms with Crippen LogP contribution < -0.4 is 9.47 Å². The van der Waals surface area contributed by atoms with Gasteiger partial charge in [0.2, 0.25) is 0 Å². The van der Waals surface area contributed by atoms with Gasteiger partial charge < -0.3 is 14.6 Å². The second-order valence-electron chi connectivity index (χ2n) is 3.69. The zero-order valence-corrected chi connectivity index (χ0v) is 10.1. The molecule has 1 rings (SSSR count). The van der Waals surface area contributed by atoms with Crippen molar-refractivity contribution in [2.45, 2.75) is 26.4 Å². The zero-order valence-electron chi connectivity index (χ0n) is 10.1. The molecule has 1 aromatic rings. The van der Waals surface area contributed by atoms with Crippen LogP contribution in [-0.4, -0.2) is 24.4 Å². The molecule has 92 valence electrons. The lowest BCUT2D eigenvalue weighted by atomic mass is 10.2. The molecular formula is C13H17NO3. The van der Waals surface area contributed by atoms with E-state index in [-0.39, 0.29) is 6.10 Å². The first kappa shape index (κ1) is 13.3. The topological polar surface area (TPSA) is 62.5 Å². The van der Waals surface area contributed by atoms with Crippen molar-refractivity contribution in [2.75, 3.05) is 13.2 Å². The monoisotopic (exact) mass is 235 g/mol. The van der Waals surface area contributed by atoms with E-state index in [1.54, 1.807) is 25.1 Å². The lowest BCUT2D eigenvalue weighted by molar-refractivity contribution is 0.153. The Kier molecular flexibility index (Phi) is 5.31. The fourth-order valence-corrected chi connectivity index (χ4v) is 1.30. The summed E-state index contributed by atoms with van der Waals surface area (Å²) in [4.78, 5) is 0. The number of benzene rings is 1. The summed E-state index contributed by atoms with van der Waals surface area (Å²) in [5.74, 6) is 1.17. The van der Waals surface area contributed by atoms with Crippen LogP contribution in [0.15, 0.2) is 18.2 Å². The lowest BCUT2D eigenvalue weighted by Crippen LogP contribution is -2.08. The fourth-order valence-electron chi connectivity index (χ4n) is 1.30. The van der Waals surface area contributed by atoms with Gasteiger partial charge in [0.25, 0.3) is 0 Å². The molecule has 17 heavy (non-hydrogen) atoms. The molecule has 0 spiro atoms. The van der Waals surface area contributed by atoms with Gasteiger partial charge in [-0.3, -0.25) is 0 Å². The summed E-state index contributed by atoms with van der Waals surface area (Å²) < 4.78 is 10.9. The molecule has 0 bridgehead atoms. The molecule has 0 amide bonds. The average molecular weight is 235 g/mol. The SMILES string of the molecule is CCOc1cc(C#N)ccc1OCC[C@H](C)O. The third kappa shape index (κ3) is 4.33. The number of aliphatic hydroxyl groups is 1. The zero-order chi connectivity index (χ0) is 12.7. The first-order chi connectivity index (χ1) is 8.17. The summed E-state index contributed by atoms with van der Waals surface area (Å²) in [5, 5.41) is 17.9. The lowest BCUT2D eigenvalue weighted by Gasteiger charge is -2.12. The Morgan fingerprint density at radius 3 is 2.71 bits per heavy atom. The first-order valence-electron chi connectivity index (χ1n) is 5.65. The standard InChI is InChI=1S/C13H17NO3/c1-3-16-13-8-11(9-14)4-5-12(13)17-7-6-10(2)15/h4-5,8,10,15H,3,6-7H2,1-2H3/t10-/m0/s1. The molecule has 0 aliphatic rings. The Labute approximate surface area is 101 Å². The van der Waals surface area contributed by atoms with Gasteiger partial charge in [0.05, 0.1) is 31.0 Å². The summed E-state index contributed by atoms with van der Waals surface area (Å²) in [5.41, 5.74) is 0.538. The number of nitrogens with zero attached hydrogens (tertiary/aromatic N) is 1. The van der Waals surface area contributed by atoms with Crippen LogP contribution in [0.2, 0.25) is 0 Å². The first-order valence-corrected chi connectivity index (χ1v) is 5.65. The minimum Gasteiger partial charge on any atom is -0.490 e. The van der Waals surface area contributed by atoms with E-state index >= 15 is 0 Å². The second-order valence-corrected chi connectivity index (χ2v) is 3.69. The molecular weight excluding hydrogens is 218 g/mol. The largest absolute Gasteiger partial charge is 0.490 e. The van der Waals surface area contributed by atoms with E-state index in [9.17, 15) is 0 Å². The van der Waals surface area contributed by atoms with E-state index in [1.165, 1.54) is 0 Å². The Hall–Kier alpha value is -1.73. The van der Waals surface area contributed by atoms with Crippen LogP contribution in [0, 0.1) is 11.3 Å². The minimum atomic E-state index is -0.385. The van der Waals surface area contributed by atoms with Gasteiger partial charge >= 0.3 is 0 Å². The predicted octanol–water partition coefficient (Wildman–Crippen LogP) is 2.11. The van der Waals surface area contributed by atoms with Crippen molar-refractivity contribution in [3.05, 3.63) is 23.8 Å². The van der Waals surface area contributed by atoms with E-state index in [0.29, 0.717) is 36.7 Å². The number of rotatable bonds is 6. The van der Waals surface area contributed by atoms with Crippen molar-refractivity contribution < 1.29 is 14.6 Å². The summed E-state index contributed by atoms with van der Waals surface area (Å²) in [6.45, 7) is 4.52. The van der Waals surface area contributed by atoms with Crippen LogP contribution in [0.1, 0.15) is 25.8 Å². The number of aliphatic hydroxyl groups excluding tert-OH is 1. The predicted molar refractivity (Wildman–Crippen MR) is 64.1 cm³/mol. The van der Waals surface area contributed by atoms with Crippen molar-refractivity contribution in [1.82, 2.24) is 0 Å². The Morgan fingerprint density at radius 1 is 1.35 bits per heavy atom. The van der Waals surface area contributed by atoms with Crippen LogP contribution in [0.3, 0.4) is 0 Å². The van der Waals surface area contributed by atoms with Crippen LogP contribution in [-0.2, 0) is 0 Å². The molecule has 0 unspecified atom stereocenters. The van der Waals surface area contributed by atoms with Crippen LogP contribution in [0.5, 0.6) is 11.5 Å². The maximum Gasteiger partial charge on any atom is 0.162 e. The quantitative estimate of drug-likeness (QED) is 0.820. The number of ether oxygens (including phenoxy) is 2. The molecule has 4 nitrogen and oxygen atoms in total. The highest BCUT2D eigenvalue weighted by Gasteiger charge is 2.06. The van der Waals surface area contributed by atoms with Gasteiger partial charge in [0, 0.05) is 12.5 Å². The van der Waals surface area contributed by atoms with Crippen LogP contribution in [0.25, 0.3) is 0 Å². The molecule has 1 aromatic carbocycles. The van der Waals surface area contributed by atoms with E-state index in [4.69, 9.17) is 19.8 Å². The van der Waals surface area contributed by atoms with Crippen molar-refractivity contribution in [3.63, 3.8) is 0 Å². The van der Waals surface area contributed by atoms with Gasteiger partial charge in [0.1, 0.15) is 0 Å². The molecule has 0 saturated heterocycles. The molecule has 4 heteroatoms. The average Bonchev–Trinajstić information content (AvgIpc) is 2.31. The Balaban J connectivity index is 2.72. The molecule has 1 atom stereocenters. The van der Waals surface area contributed by atoms with Gasteiger partial charge in [-0.1, -0.05) is 0 Å². The molecule has 1 N–H and O–H groups in total. The van der Waals surface area contributed by atoms with E-state index < -0.39 is 0 Å². The highest BCUT2D eigenvalue weighted by molar-refractivity contribution is 5.46. The maximum absolute atomic E-state index is 9.13. The van der Waals surface area contributed by atoms with Gasteiger partial charge in [-0.2, -0.15) is 5.26 Å². The van der Waals surface area contributed by atoms with Crippen molar-refractivity contribution in [2.24, 2.45) is 0 Å². The highest BCUT2D eigenvalue weighted by atomic mass is 16.5. The number of hydrogen-bond acceptors (Lipinski definition) is 4. The maximum atomic E-state index is 9.13. The Morgan fingerprint density at radius 2 is 2.12 bits per heavy atom. The van der Waals surface area contributed by atoms with Crippen molar-refractivity contribution >= 4 is 0 Å². The third-order valence-corrected chi connectivity index (χ3v) is 2.17. The highest BCUT2D eigenvalue weighted by Crippen LogP contribution is 2.28.